The molecule has 7 nitrogen and oxygen atoms in total. The van der Waals surface area contributed by atoms with Gasteiger partial charge in [-0.1, -0.05) is 48.4 Å². The monoisotopic (exact) mass is 489 g/mol. The molecule has 182 valence electrons. The Bertz CT molecular complexity index is 1520. The summed E-state index contributed by atoms with van der Waals surface area (Å²) in [5, 5.41) is 14.3. The van der Waals surface area contributed by atoms with Gasteiger partial charge in [-0.15, -0.1) is 0 Å². The number of dihydropyridines is 1. The Morgan fingerprint density at radius 2 is 1.89 bits per heavy atom. The molecule has 0 radical (unpaired) electrons. The zero-order chi connectivity index (χ0) is 26.2. The summed E-state index contributed by atoms with van der Waals surface area (Å²) < 4.78 is 5.43. The van der Waals surface area contributed by atoms with Crippen molar-refractivity contribution in [3.05, 3.63) is 117 Å². The Balaban J connectivity index is 1.49. The molecule has 2 heterocycles. The number of esters is 1. The fourth-order valence-corrected chi connectivity index (χ4v) is 3.94. The fourth-order valence-electron chi connectivity index (χ4n) is 3.94. The standard InChI is InChI=1S/C30H23N3O4/c1-21-18-27(25-15-16-28(31-20-25)24-13-9-14-26(19-24)33(35)36)29(22(2)32-21)30(34)37-17-8-4-7-12-23-10-5-3-6-11-23/h3,5-6,9-11,13-16,18-20,27,32H,17H2,1-2H3. The number of benzene rings is 2. The summed E-state index contributed by atoms with van der Waals surface area (Å²) in [7, 11) is 0. The lowest BCUT2D eigenvalue weighted by Gasteiger charge is -2.25. The van der Waals surface area contributed by atoms with Gasteiger partial charge < -0.3 is 10.1 Å². The number of ether oxygens (including phenoxy) is 1. The van der Waals surface area contributed by atoms with Crippen LogP contribution >= 0.6 is 0 Å². The summed E-state index contributed by atoms with van der Waals surface area (Å²) in [5.41, 5.74) is 4.94. The van der Waals surface area contributed by atoms with E-state index in [1.54, 1.807) is 24.4 Å². The molecule has 0 bridgehead atoms. The van der Waals surface area contributed by atoms with Crippen molar-refractivity contribution in [1.29, 1.82) is 0 Å². The molecule has 0 aliphatic carbocycles. The Morgan fingerprint density at radius 1 is 1.08 bits per heavy atom. The van der Waals surface area contributed by atoms with Crippen LogP contribution in [-0.4, -0.2) is 22.5 Å². The van der Waals surface area contributed by atoms with Gasteiger partial charge in [0.2, 0.25) is 0 Å². The molecule has 0 amide bonds. The maximum atomic E-state index is 13.0. The highest BCUT2D eigenvalue weighted by Crippen LogP contribution is 2.33. The van der Waals surface area contributed by atoms with Gasteiger partial charge in [-0.05, 0) is 55.4 Å². The second-order valence-corrected chi connectivity index (χ2v) is 8.27. The third-order valence-corrected chi connectivity index (χ3v) is 5.64. The molecule has 1 aliphatic heterocycles. The Morgan fingerprint density at radius 3 is 2.62 bits per heavy atom. The van der Waals surface area contributed by atoms with Gasteiger partial charge in [0.05, 0.1) is 16.2 Å². The highest BCUT2D eigenvalue weighted by Gasteiger charge is 2.28. The minimum absolute atomic E-state index is 0.00183. The van der Waals surface area contributed by atoms with E-state index in [-0.39, 0.29) is 18.2 Å². The van der Waals surface area contributed by atoms with Gasteiger partial charge in [0.1, 0.15) is 0 Å². The van der Waals surface area contributed by atoms with Gasteiger partial charge in [-0.3, -0.25) is 15.1 Å². The minimum Gasteiger partial charge on any atom is -0.449 e. The lowest BCUT2D eigenvalue weighted by molar-refractivity contribution is -0.384. The van der Waals surface area contributed by atoms with Crippen molar-refractivity contribution < 1.29 is 14.5 Å². The molecule has 1 N–H and O–H groups in total. The number of aromatic nitrogens is 1. The van der Waals surface area contributed by atoms with Crippen LogP contribution in [0, 0.1) is 33.8 Å². The van der Waals surface area contributed by atoms with Crippen molar-refractivity contribution in [3.63, 3.8) is 0 Å². The van der Waals surface area contributed by atoms with Crippen molar-refractivity contribution in [1.82, 2.24) is 10.3 Å². The predicted octanol–water partition coefficient (Wildman–Crippen LogP) is 5.12. The van der Waals surface area contributed by atoms with E-state index in [9.17, 15) is 14.9 Å². The van der Waals surface area contributed by atoms with Crippen LogP contribution in [0.15, 0.2) is 96.0 Å². The third-order valence-electron chi connectivity index (χ3n) is 5.64. The molecule has 1 unspecified atom stereocenters. The predicted molar refractivity (Wildman–Crippen MR) is 141 cm³/mol. The van der Waals surface area contributed by atoms with Gasteiger partial charge in [0, 0.05) is 46.8 Å². The van der Waals surface area contributed by atoms with E-state index < -0.39 is 10.9 Å². The number of carbonyl (C=O) groups excluding carboxylic acids is 1. The average molecular weight is 490 g/mol. The van der Waals surface area contributed by atoms with Gasteiger partial charge in [0.25, 0.3) is 5.69 Å². The average Bonchev–Trinajstić information content (AvgIpc) is 2.91. The molecule has 0 spiro atoms. The molecule has 4 rings (SSSR count). The SMILES string of the molecule is CC1=CC(c2ccc(-c3cccc([N+](=O)[O-])c3)nc2)C(C(=O)OCC#CC#Cc2ccccc2)=C(C)N1. The van der Waals surface area contributed by atoms with Crippen LogP contribution in [0.2, 0.25) is 0 Å². The largest absolute Gasteiger partial charge is 0.449 e. The summed E-state index contributed by atoms with van der Waals surface area (Å²) in [6.07, 6.45) is 3.61. The first-order valence-corrected chi connectivity index (χ1v) is 11.5. The van der Waals surface area contributed by atoms with Crippen molar-refractivity contribution in [2.24, 2.45) is 0 Å². The summed E-state index contributed by atoms with van der Waals surface area (Å²) in [6.45, 7) is 3.65. The number of nitro groups is 1. The molecule has 7 heteroatoms. The lowest BCUT2D eigenvalue weighted by atomic mass is 9.87. The molecule has 3 aromatic rings. The third kappa shape index (κ3) is 6.30. The van der Waals surface area contributed by atoms with Crippen LogP contribution in [-0.2, 0) is 9.53 Å². The Labute approximate surface area is 215 Å². The summed E-state index contributed by atoms with van der Waals surface area (Å²) in [5.74, 6) is 10.3. The molecule has 1 aromatic heterocycles. The molecule has 2 aromatic carbocycles. The Kier molecular flexibility index (Phi) is 7.78. The van der Waals surface area contributed by atoms with Crippen LogP contribution in [0.3, 0.4) is 0 Å². The highest BCUT2D eigenvalue weighted by atomic mass is 16.6. The molecule has 0 saturated heterocycles. The number of nitrogens with zero attached hydrogens (tertiary/aromatic N) is 2. The smallest absolute Gasteiger partial charge is 0.337 e. The zero-order valence-electron chi connectivity index (χ0n) is 20.3. The molecular formula is C30H23N3O4. The maximum Gasteiger partial charge on any atom is 0.337 e. The number of carbonyl (C=O) groups is 1. The van der Waals surface area contributed by atoms with E-state index in [0.717, 1.165) is 16.8 Å². The summed E-state index contributed by atoms with van der Waals surface area (Å²) in [6, 6.07) is 19.4. The summed E-state index contributed by atoms with van der Waals surface area (Å²) >= 11 is 0. The van der Waals surface area contributed by atoms with Gasteiger partial charge >= 0.3 is 5.97 Å². The van der Waals surface area contributed by atoms with Gasteiger partial charge in [-0.25, -0.2) is 4.79 Å². The van der Waals surface area contributed by atoms with Crippen LogP contribution in [0.4, 0.5) is 5.69 Å². The zero-order valence-corrected chi connectivity index (χ0v) is 20.3. The van der Waals surface area contributed by atoms with Crippen molar-refractivity contribution >= 4 is 11.7 Å². The van der Waals surface area contributed by atoms with E-state index in [1.165, 1.54) is 12.1 Å². The topological polar surface area (TPSA) is 94.4 Å². The van der Waals surface area contributed by atoms with Crippen molar-refractivity contribution in [2.75, 3.05) is 6.61 Å². The van der Waals surface area contributed by atoms with Gasteiger partial charge in [-0.2, -0.15) is 0 Å². The number of allylic oxidation sites excluding steroid dienone is 3. The normalized spacial score (nSPS) is 14.2. The quantitative estimate of drug-likeness (QED) is 0.231. The van der Waals surface area contributed by atoms with Crippen molar-refractivity contribution in [3.8, 4) is 34.9 Å². The number of pyridine rings is 1. The van der Waals surface area contributed by atoms with E-state index in [2.05, 4.69) is 34.0 Å². The second kappa shape index (κ2) is 11.5. The molecule has 0 fully saturated rings. The molecule has 1 atom stereocenters. The highest BCUT2D eigenvalue weighted by molar-refractivity contribution is 5.92. The second-order valence-electron chi connectivity index (χ2n) is 8.27. The first kappa shape index (κ1) is 25.0. The number of nitro benzene ring substituents is 1. The van der Waals surface area contributed by atoms with Crippen molar-refractivity contribution in [2.45, 2.75) is 19.8 Å². The van der Waals surface area contributed by atoms with Crippen LogP contribution in [0.1, 0.15) is 30.9 Å². The summed E-state index contributed by atoms with van der Waals surface area (Å²) in [4.78, 5) is 28.2. The minimum atomic E-state index is -0.480. The van der Waals surface area contributed by atoms with Crippen LogP contribution in [0.5, 0.6) is 0 Å². The van der Waals surface area contributed by atoms with E-state index in [4.69, 9.17) is 4.74 Å². The fraction of sp³-hybridized carbons (Fsp3) is 0.133. The number of hydrogen-bond donors (Lipinski definition) is 1. The molecule has 0 saturated carbocycles. The molecule has 37 heavy (non-hydrogen) atoms. The first-order chi connectivity index (χ1) is 17.9. The lowest BCUT2D eigenvalue weighted by Crippen LogP contribution is -2.25. The van der Waals surface area contributed by atoms with Crippen LogP contribution in [0.25, 0.3) is 11.3 Å². The van der Waals surface area contributed by atoms with Gasteiger partial charge in [0.15, 0.2) is 6.61 Å². The number of hydrogen-bond acceptors (Lipinski definition) is 6. The molecular weight excluding hydrogens is 466 g/mol. The number of nitrogens with one attached hydrogen (secondary N) is 1. The Hall–Kier alpha value is -5.14. The van der Waals surface area contributed by atoms with E-state index in [0.29, 0.717) is 22.5 Å². The van der Waals surface area contributed by atoms with E-state index >= 15 is 0 Å². The van der Waals surface area contributed by atoms with Crippen LogP contribution < -0.4 is 5.32 Å². The first-order valence-electron chi connectivity index (χ1n) is 11.5. The number of non-ortho nitro benzene ring substituents is 1. The molecule has 1 aliphatic rings. The van der Waals surface area contributed by atoms with E-state index in [1.807, 2.05) is 56.3 Å². The number of rotatable bonds is 5. The maximum absolute atomic E-state index is 13.0.